The Bertz CT molecular complexity index is 566. The summed E-state index contributed by atoms with van der Waals surface area (Å²) in [4.78, 5) is 0. The second-order valence-electron chi connectivity index (χ2n) is 4.25. The van der Waals surface area contributed by atoms with E-state index < -0.39 is 0 Å². The summed E-state index contributed by atoms with van der Waals surface area (Å²) in [5, 5.41) is 4.70. The molecule has 0 fully saturated rings. The molecule has 0 saturated heterocycles. The molecule has 1 heteroatoms. The molecule has 1 aromatic heterocycles. The van der Waals surface area contributed by atoms with E-state index in [4.69, 9.17) is 0 Å². The van der Waals surface area contributed by atoms with Gasteiger partial charge in [-0.2, -0.15) is 0 Å². The standard InChI is InChI=1S/C14H17N/c1-10(2)9-15-11(3)13-7-5-6-8-14(13)12(15)4/h7-8H,1,3-6,9H2,2H3. The van der Waals surface area contributed by atoms with Gasteiger partial charge in [-0.25, -0.2) is 0 Å². The Morgan fingerprint density at radius 2 is 1.67 bits per heavy atom. The maximum atomic E-state index is 4.14. The zero-order chi connectivity index (χ0) is 11.0. The van der Waals surface area contributed by atoms with Gasteiger partial charge in [0.15, 0.2) is 0 Å². The number of rotatable bonds is 2. The summed E-state index contributed by atoms with van der Waals surface area (Å²) in [5.41, 5.74) is 1.14. The summed E-state index contributed by atoms with van der Waals surface area (Å²) in [5.74, 6) is 0. The third-order valence-corrected chi connectivity index (χ3v) is 2.86. The molecular weight excluding hydrogens is 182 g/mol. The first-order chi connectivity index (χ1) is 7.11. The van der Waals surface area contributed by atoms with Crippen molar-refractivity contribution >= 4 is 25.3 Å². The van der Waals surface area contributed by atoms with Gasteiger partial charge < -0.3 is 4.57 Å². The molecule has 1 nitrogen and oxygen atoms in total. The summed E-state index contributed by atoms with van der Waals surface area (Å²) < 4.78 is 2.16. The monoisotopic (exact) mass is 199 g/mol. The van der Waals surface area contributed by atoms with Crippen molar-refractivity contribution in [3.8, 4) is 0 Å². The van der Waals surface area contributed by atoms with E-state index in [0.717, 1.165) is 35.7 Å². The van der Waals surface area contributed by atoms with E-state index in [1.807, 2.05) is 6.92 Å². The minimum atomic E-state index is 0.826. The number of hydrogen-bond acceptors (Lipinski definition) is 0. The van der Waals surface area contributed by atoms with Crippen molar-refractivity contribution in [2.24, 2.45) is 0 Å². The van der Waals surface area contributed by atoms with Gasteiger partial charge in [-0.15, -0.1) is 0 Å². The van der Waals surface area contributed by atoms with Crippen molar-refractivity contribution in [1.29, 1.82) is 0 Å². The third kappa shape index (κ3) is 1.58. The lowest BCUT2D eigenvalue weighted by atomic mass is 10.1. The average Bonchev–Trinajstić information content (AvgIpc) is 2.44. The highest BCUT2D eigenvalue weighted by molar-refractivity contribution is 5.39. The number of aromatic nitrogens is 1. The topological polar surface area (TPSA) is 4.93 Å². The first-order valence-corrected chi connectivity index (χ1v) is 5.32. The highest BCUT2D eigenvalue weighted by Gasteiger charge is 2.03. The molecule has 0 spiro atoms. The first-order valence-electron chi connectivity index (χ1n) is 5.32. The molecule has 1 aliphatic rings. The molecule has 1 aliphatic carbocycles. The fourth-order valence-electron chi connectivity index (χ4n) is 2.14. The van der Waals surface area contributed by atoms with Gasteiger partial charge in [0.05, 0.1) is 0 Å². The SMILES string of the molecule is C=C(C)Cn1c(=C)c2c(c1=C)=CCCC=2. The molecule has 0 aliphatic heterocycles. The fourth-order valence-corrected chi connectivity index (χ4v) is 2.14. The molecular formula is C14H17N. The van der Waals surface area contributed by atoms with Crippen molar-refractivity contribution in [1.82, 2.24) is 4.57 Å². The lowest BCUT2D eigenvalue weighted by Crippen LogP contribution is -2.37. The number of nitrogens with zero attached hydrogens (tertiary/aromatic N) is 1. The summed E-state index contributed by atoms with van der Waals surface area (Å²) in [6.07, 6.45) is 6.76. The normalized spacial score (nSPS) is 13.9. The Hall–Kier alpha value is -1.50. The van der Waals surface area contributed by atoms with Gasteiger partial charge >= 0.3 is 0 Å². The quantitative estimate of drug-likeness (QED) is 0.601. The molecule has 2 rings (SSSR count). The van der Waals surface area contributed by atoms with Gasteiger partial charge in [0.2, 0.25) is 0 Å². The predicted molar refractivity (Wildman–Crippen MR) is 67.0 cm³/mol. The van der Waals surface area contributed by atoms with Gasteiger partial charge in [-0.1, -0.05) is 37.5 Å². The van der Waals surface area contributed by atoms with Crippen molar-refractivity contribution in [2.45, 2.75) is 26.3 Å². The third-order valence-electron chi connectivity index (χ3n) is 2.86. The molecule has 0 bridgehead atoms. The first kappa shape index (κ1) is 10.0. The van der Waals surface area contributed by atoms with Gasteiger partial charge in [0.25, 0.3) is 0 Å². The van der Waals surface area contributed by atoms with Crippen LogP contribution < -0.4 is 21.1 Å². The molecule has 0 amide bonds. The zero-order valence-corrected chi connectivity index (χ0v) is 9.34. The smallest absolute Gasteiger partial charge is 0.0436 e. The van der Waals surface area contributed by atoms with Crippen LogP contribution in [-0.4, -0.2) is 4.57 Å². The number of allylic oxidation sites excluding steroid dienone is 1. The molecule has 0 unspecified atom stereocenters. The van der Waals surface area contributed by atoms with Crippen molar-refractivity contribution in [3.05, 3.63) is 33.3 Å². The van der Waals surface area contributed by atoms with Crippen molar-refractivity contribution < 1.29 is 0 Å². The minimum Gasteiger partial charge on any atom is -0.337 e. The largest absolute Gasteiger partial charge is 0.337 e. The molecule has 78 valence electrons. The Morgan fingerprint density at radius 1 is 1.20 bits per heavy atom. The molecule has 0 aromatic carbocycles. The van der Waals surface area contributed by atoms with E-state index in [1.54, 1.807) is 0 Å². The van der Waals surface area contributed by atoms with E-state index in [9.17, 15) is 0 Å². The second kappa shape index (κ2) is 3.58. The van der Waals surface area contributed by atoms with Gasteiger partial charge in [-0.05, 0) is 19.8 Å². The van der Waals surface area contributed by atoms with E-state index in [-0.39, 0.29) is 0 Å². The van der Waals surface area contributed by atoms with Crippen LogP contribution >= 0.6 is 0 Å². The highest BCUT2D eigenvalue weighted by Crippen LogP contribution is 1.93. The maximum absolute atomic E-state index is 4.14. The summed E-state index contributed by atoms with van der Waals surface area (Å²) in [6, 6.07) is 0. The number of hydrogen-bond donors (Lipinski definition) is 0. The summed E-state index contributed by atoms with van der Waals surface area (Å²) in [6.45, 7) is 15.1. The molecule has 0 N–H and O–H groups in total. The van der Waals surface area contributed by atoms with Gasteiger partial charge in [0, 0.05) is 27.7 Å². The van der Waals surface area contributed by atoms with Crippen LogP contribution in [-0.2, 0) is 6.54 Å². The van der Waals surface area contributed by atoms with Crippen LogP contribution in [0.3, 0.4) is 0 Å². The average molecular weight is 199 g/mol. The minimum absolute atomic E-state index is 0.826. The maximum Gasteiger partial charge on any atom is 0.0436 e. The molecule has 0 saturated carbocycles. The zero-order valence-electron chi connectivity index (χ0n) is 9.34. The lowest BCUT2D eigenvalue weighted by molar-refractivity contribution is 0.746. The Labute approximate surface area is 90.0 Å². The van der Waals surface area contributed by atoms with E-state index in [2.05, 4.69) is 36.5 Å². The lowest BCUT2D eigenvalue weighted by Gasteiger charge is -2.02. The Morgan fingerprint density at radius 3 is 2.07 bits per heavy atom. The van der Waals surface area contributed by atoms with Crippen molar-refractivity contribution in [3.63, 3.8) is 0 Å². The van der Waals surface area contributed by atoms with Gasteiger partial charge in [-0.3, -0.25) is 0 Å². The number of fused-ring (bicyclic) bond motifs is 1. The van der Waals surface area contributed by atoms with Crippen LogP contribution in [0, 0.1) is 0 Å². The molecule has 0 atom stereocenters. The molecule has 0 radical (unpaired) electrons. The Kier molecular flexibility index (Phi) is 2.39. The predicted octanol–water partition coefficient (Wildman–Crippen LogP) is 0.240. The van der Waals surface area contributed by atoms with Crippen LogP contribution in [0.2, 0.25) is 0 Å². The van der Waals surface area contributed by atoms with Crippen LogP contribution in [0.25, 0.3) is 25.3 Å². The molecule has 1 aromatic rings. The molecule has 15 heavy (non-hydrogen) atoms. The van der Waals surface area contributed by atoms with Crippen LogP contribution in [0.1, 0.15) is 19.8 Å². The second-order valence-corrected chi connectivity index (χ2v) is 4.25. The van der Waals surface area contributed by atoms with Crippen LogP contribution in [0.4, 0.5) is 0 Å². The Balaban J connectivity index is 2.81. The van der Waals surface area contributed by atoms with Crippen LogP contribution in [0.15, 0.2) is 12.2 Å². The highest BCUT2D eigenvalue weighted by atomic mass is 15.0. The van der Waals surface area contributed by atoms with E-state index >= 15 is 0 Å². The van der Waals surface area contributed by atoms with Crippen molar-refractivity contribution in [2.75, 3.05) is 0 Å². The van der Waals surface area contributed by atoms with E-state index in [0.29, 0.717) is 0 Å². The van der Waals surface area contributed by atoms with Gasteiger partial charge in [0.1, 0.15) is 0 Å². The summed E-state index contributed by atoms with van der Waals surface area (Å²) >= 11 is 0. The molecule has 1 heterocycles. The van der Waals surface area contributed by atoms with E-state index in [1.165, 1.54) is 10.4 Å². The van der Waals surface area contributed by atoms with Crippen LogP contribution in [0.5, 0.6) is 0 Å². The fraction of sp³-hybridized carbons (Fsp3) is 0.286. The summed E-state index contributed by atoms with van der Waals surface area (Å²) in [7, 11) is 0.